The molecule has 0 N–H and O–H groups in total. The van der Waals surface area contributed by atoms with Gasteiger partial charge in [0.2, 0.25) is 0 Å². The second-order valence-corrected chi connectivity index (χ2v) is 6.38. The lowest BCUT2D eigenvalue weighted by molar-refractivity contribution is 1.17. The molecule has 3 rings (SSSR count). The van der Waals surface area contributed by atoms with Crippen LogP contribution < -0.4 is 0 Å². The Morgan fingerprint density at radius 1 is 1.38 bits per heavy atom. The fourth-order valence-corrected chi connectivity index (χ4v) is 4.04. The van der Waals surface area contributed by atoms with Crippen LogP contribution in [0.15, 0.2) is 28.1 Å². The highest BCUT2D eigenvalue weighted by atomic mass is 32.2. The summed E-state index contributed by atoms with van der Waals surface area (Å²) in [5, 5.41) is 2.20. The molecule has 0 saturated heterocycles. The van der Waals surface area contributed by atoms with E-state index in [4.69, 9.17) is 0 Å². The van der Waals surface area contributed by atoms with Crippen LogP contribution in [0.5, 0.6) is 0 Å². The molecule has 0 unspecified atom stereocenters. The Kier molecular flexibility index (Phi) is 2.91. The summed E-state index contributed by atoms with van der Waals surface area (Å²) in [4.78, 5) is 10.4. The van der Waals surface area contributed by atoms with Gasteiger partial charge in [0.1, 0.15) is 10.1 Å². The molecule has 2 heterocycles. The molecule has 1 aromatic heterocycles. The van der Waals surface area contributed by atoms with Crippen molar-refractivity contribution >= 4 is 50.1 Å². The van der Waals surface area contributed by atoms with Crippen molar-refractivity contribution in [2.45, 2.75) is 4.90 Å². The summed E-state index contributed by atoms with van der Waals surface area (Å²) in [6.45, 7) is 0.936. The van der Waals surface area contributed by atoms with E-state index in [1.54, 1.807) is 23.1 Å². The number of aliphatic imine (C=N–C) groups is 1. The predicted molar refractivity (Wildman–Crippen MR) is 75.3 cm³/mol. The first-order chi connectivity index (χ1) is 7.86. The molecule has 0 atom stereocenters. The Morgan fingerprint density at radius 3 is 3.06 bits per heavy atom. The molecule has 2 nitrogen and oxygen atoms in total. The van der Waals surface area contributed by atoms with Crippen LogP contribution in [0.1, 0.15) is 5.01 Å². The molecule has 2 aromatic rings. The topological polar surface area (TPSA) is 25.2 Å². The van der Waals surface area contributed by atoms with E-state index in [-0.39, 0.29) is 0 Å². The number of thiazole rings is 1. The van der Waals surface area contributed by atoms with E-state index in [1.807, 2.05) is 11.8 Å². The average Bonchev–Trinajstić information content (AvgIpc) is 2.96. The summed E-state index contributed by atoms with van der Waals surface area (Å²) >= 11 is 5.33. The summed E-state index contributed by atoms with van der Waals surface area (Å²) in [6.07, 6.45) is 2.10. The lowest BCUT2D eigenvalue weighted by Crippen LogP contribution is -1.88. The molecule has 5 heteroatoms. The van der Waals surface area contributed by atoms with Gasteiger partial charge in [-0.25, -0.2) is 4.98 Å². The molecule has 0 amide bonds. The Morgan fingerprint density at radius 2 is 2.31 bits per heavy atom. The number of fused-ring (bicyclic) bond motifs is 1. The molecular weight excluding hydrogens is 256 g/mol. The number of hydrogen-bond donors (Lipinski definition) is 0. The third-order valence-corrected chi connectivity index (χ3v) is 5.23. The maximum atomic E-state index is 4.63. The highest BCUT2D eigenvalue weighted by Crippen LogP contribution is 2.30. The van der Waals surface area contributed by atoms with Crippen LogP contribution in [0.2, 0.25) is 0 Å². The summed E-state index contributed by atoms with van der Waals surface area (Å²) < 4.78 is 1.26. The van der Waals surface area contributed by atoms with Crippen molar-refractivity contribution in [1.82, 2.24) is 4.98 Å². The van der Waals surface area contributed by atoms with Crippen LogP contribution in [0.3, 0.4) is 0 Å². The highest BCUT2D eigenvalue weighted by molar-refractivity contribution is 8.15. The van der Waals surface area contributed by atoms with Crippen molar-refractivity contribution in [2.75, 3.05) is 18.6 Å². The maximum Gasteiger partial charge on any atom is 0.149 e. The summed E-state index contributed by atoms with van der Waals surface area (Å²) in [7, 11) is 0. The van der Waals surface area contributed by atoms with Crippen molar-refractivity contribution < 1.29 is 0 Å². The number of rotatable bonds is 2. The minimum absolute atomic E-state index is 0.936. The quantitative estimate of drug-likeness (QED) is 0.778. The van der Waals surface area contributed by atoms with Gasteiger partial charge in [-0.2, -0.15) is 0 Å². The zero-order chi connectivity index (χ0) is 11.0. The molecule has 82 valence electrons. The molecule has 0 spiro atoms. The van der Waals surface area contributed by atoms with Crippen molar-refractivity contribution in [3.8, 4) is 0 Å². The van der Waals surface area contributed by atoms with Gasteiger partial charge in [-0.1, -0.05) is 0 Å². The van der Waals surface area contributed by atoms with Gasteiger partial charge in [-0.05, 0) is 24.5 Å². The average molecular weight is 266 g/mol. The molecule has 16 heavy (non-hydrogen) atoms. The minimum Gasteiger partial charge on any atom is -0.274 e. The molecule has 0 radical (unpaired) electrons. The number of benzene rings is 1. The zero-order valence-electron chi connectivity index (χ0n) is 8.77. The van der Waals surface area contributed by atoms with E-state index in [9.17, 15) is 0 Å². The first-order valence-corrected chi connectivity index (χ1v) is 8.02. The number of hydrogen-bond acceptors (Lipinski definition) is 5. The first-order valence-electron chi connectivity index (χ1n) is 4.99. The van der Waals surface area contributed by atoms with Gasteiger partial charge < -0.3 is 0 Å². The summed E-state index contributed by atoms with van der Waals surface area (Å²) in [5.74, 6) is 1.10. The SMILES string of the molecule is CSc1ccc2nc(C3=NCCS3)sc2c1. The smallest absolute Gasteiger partial charge is 0.149 e. The van der Waals surface area contributed by atoms with Gasteiger partial charge in [-0.15, -0.1) is 34.9 Å². The Labute approximate surface area is 107 Å². The van der Waals surface area contributed by atoms with Crippen LogP contribution >= 0.6 is 34.9 Å². The number of thioether (sulfide) groups is 2. The van der Waals surface area contributed by atoms with E-state index in [0.717, 1.165) is 27.9 Å². The van der Waals surface area contributed by atoms with Crippen molar-refractivity contribution in [2.24, 2.45) is 4.99 Å². The largest absolute Gasteiger partial charge is 0.274 e. The van der Waals surface area contributed by atoms with Gasteiger partial charge in [0, 0.05) is 17.2 Å². The van der Waals surface area contributed by atoms with E-state index in [2.05, 4.69) is 34.4 Å². The molecule has 0 saturated carbocycles. The van der Waals surface area contributed by atoms with Gasteiger partial charge in [-0.3, -0.25) is 4.99 Å². The first kappa shape index (κ1) is 10.6. The number of nitrogens with zero attached hydrogens (tertiary/aromatic N) is 2. The molecule has 1 aliphatic rings. The fraction of sp³-hybridized carbons (Fsp3) is 0.273. The Bertz CT molecular complexity index is 559. The molecule has 0 bridgehead atoms. The van der Waals surface area contributed by atoms with E-state index in [1.165, 1.54) is 9.60 Å². The van der Waals surface area contributed by atoms with Crippen LogP contribution in [-0.4, -0.2) is 28.6 Å². The predicted octanol–water partition coefficient (Wildman–Crippen LogP) is 3.51. The van der Waals surface area contributed by atoms with Crippen molar-refractivity contribution in [1.29, 1.82) is 0 Å². The lowest BCUT2D eigenvalue weighted by Gasteiger charge is -1.93. The monoisotopic (exact) mass is 266 g/mol. The van der Waals surface area contributed by atoms with Crippen molar-refractivity contribution in [3.05, 3.63) is 23.2 Å². The molecule has 0 fully saturated rings. The fourth-order valence-electron chi connectivity index (χ4n) is 1.59. The van der Waals surface area contributed by atoms with Crippen LogP contribution in [-0.2, 0) is 0 Å². The molecule has 1 aliphatic heterocycles. The Balaban J connectivity index is 2.08. The minimum atomic E-state index is 0.936. The van der Waals surface area contributed by atoms with Gasteiger partial charge >= 0.3 is 0 Å². The lowest BCUT2D eigenvalue weighted by atomic mass is 10.3. The molecule has 1 aromatic carbocycles. The van der Waals surface area contributed by atoms with Crippen LogP contribution in [0.25, 0.3) is 10.2 Å². The van der Waals surface area contributed by atoms with E-state index < -0.39 is 0 Å². The van der Waals surface area contributed by atoms with Gasteiger partial charge in [0.15, 0.2) is 0 Å². The third kappa shape index (κ3) is 1.87. The highest BCUT2D eigenvalue weighted by Gasteiger charge is 2.14. The van der Waals surface area contributed by atoms with Crippen molar-refractivity contribution in [3.63, 3.8) is 0 Å². The Hall–Kier alpha value is -0.520. The van der Waals surface area contributed by atoms with Crippen LogP contribution in [0.4, 0.5) is 0 Å². The number of aromatic nitrogens is 1. The maximum absolute atomic E-state index is 4.63. The standard InChI is InChI=1S/C11H10N2S3/c1-14-7-2-3-8-9(6-7)16-11(13-8)10-12-4-5-15-10/h2-3,6H,4-5H2,1H3. The third-order valence-electron chi connectivity index (χ3n) is 2.36. The second-order valence-electron chi connectivity index (χ2n) is 3.39. The molecule has 0 aliphatic carbocycles. The van der Waals surface area contributed by atoms with Gasteiger partial charge in [0.25, 0.3) is 0 Å². The summed E-state index contributed by atoms with van der Waals surface area (Å²) in [6, 6.07) is 6.43. The zero-order valence-corrected chi connectivity index (χ0v) is 11.2. The van der Waals surface area contributed by atoms with E-state index in [0.29, 0.717) is 0 Å². The second kappa shape index (κ2) is 4.39. The molecular formula is C11H10N2S3. The normalized spacial score (nSPS) is 15.7. The van der Waals surface area contributed by atoms with E-state index >= 15 is 0 Å². The van der Waals surface area contributed by atoms with Crippen LogP contribution in [0, 0.1) is 0 Å². The van der Waals surface area contributed by atoms with Gasteiger partial charge in [0.05, 0.1) is 10.2 Å². The summed E-state index contributed by atoms with van der Waals surface area (Å²) in [5.41, 5.74) is 1.09.